The summed E-state index contributed by atoms with van der Waals surface area (Å²) in [5.74, 6) is 0.593. The predicted molar refractivity (Wildman–Crippen MR) is 152 cm³/mol. The third-order valence-electron chi connectivity index (χ3n) is 8.71. The van der Waals surface area contributed by atoms with E-state index in [0.29, 0.717) is 57.6 Å². The van der Waals surface area contributed by atoms with Gasteiger partial charge >= 0.3 is 6.09 Å². The summed E-state index contributed by atoms with van der Waals surface area (Å²) in [6.07, 6.45) is 7.19. The Labute approximate surface area is 250 Å². The van der Waals surface area contributed by atoms with Crippen molar-refractivity contribution in [3.63, 3.8) is 0 Å². The van der Waals surface area contributed by atoms with Crippen LogP contribution in [0.5, 0.6) is 0 Å². The molecule has 5 atom stereocenters. The maximum atomic E-state index is 13.7. The first kappa shape index (κ1) is 32.9. The minimum atomic E-state index is -3.47. The van der Waals surface area contributed by atoms with Crippen molar-refractivity contribution in [3.8, 4) is 6.07 Å². The average Bonchev–Trinajstić information content (AvgIpc) is 3.35. The topological polar surface area (TPSA) is 145 Å². The standard InChI is InChI=1S/C29H47N3O9S/c1-27(2,3)41-26(34)32(20-25(33)31-7-5-6-24(31)19-30)28-15-22-14-23(16-28)18-29(17-22,21-28)39-12-10-37-8-9-38-11-13-40-42(4,35)36/h22-24H,5-18,20-21H2,1-4H3/t22-,23?,24?,28?,29?/m0/s1. The Bertz CT molecular complexity index is 1100. The largest absolute Gasteiger partial charge is 0.444 e. The lowest BCUT2D eigenvalue weighted by molar-refractivity contribution is -0.202. The van der Waals surface area contributed by atoms with Gasteiger partial charge in [0.1, 0.15) is 18.2 Å². The van der Waals surface area contributed by atoms with Gasteiger partial charge < -0.3 is 23.8 Å². The van der Waals surface area contributed by atoms with E-state index in [1.165, 1.54) is 0 Å². The van der Waals surface area contributed by atoms with E-state index in [1.54, 1.807) is 9.80 Å². The summed E-state index contributed by atoms with van der Waals surface area (Å²) in [4.78, 5) is 30.5. The molecule has 1 heterocycles. The molecular formula is C29H47N3O9S. The van der Waals surface area contributed by atoms with Crippen molar-refractivity contribution in [2.45, 2.75) is 94.9 Å². The van der Waals surface area contributed by atoms with Gasteiger partial charge in [0, 0.05) is 6.54 Å². The number of carbonyl (C=O) groups is 2. The van der Waals surface area contributed by atoms with Crippen LogP contribution in [-0.2, 0) is 38.0 Å². The molecule has 5 fully saturated rings. The van der Waals surface area contributed by atoms with Gasteiger partial charge in [-0.05, 0) is 84.0 Å². The Morgan fingerprint density at radius 1 is 1.00 bits per heavy atom. The molecule has 4 bridgehead atoms. The zero-order chi connectivity index (χ0) is 30.6. The Kier molecular flexibility index (Phi) is 10.5. The molecule has 238 valence electrons. The zero-order valence-electron chi connectivity index (χ0n) is 25.5. The van der Waals surface area contributed by atoms with E-state index in [9.17, 15) is 23.3 Å². The third-order valence-corrected chi connectivity index (χ3v) is 9.31. The molecule has 5 rings (SSSR count). The number of likely N-dealkylation sites (tertiary alicyclic amines) is 1. The van der Waals surface area contributed by atoms with Crippen LogP contribution in [0, 0.1) is 23.2 Å². The summed E-state index contributed by atoms with van der Waals surface area (Å²) in [5.41, 5.74) is -1.63. The van der Waals surface area contributed by atoms with Crippen molar-refractivity contribution in [1.29, 1.82) is 5.26 Å². The van der Waals surface area contributed by atoms with Crippen LogP contribution in [0.4, 0.5) is 4.79 Å². The molecule has 42 heavy (non-hydrogen) atoms. The highest BCUT2D eigenvalue weighted by Crippen LogP contribution is 2.61. The van der Waals surface area contributed by atoms with Gasteiger partial charge in [-0.1, -0.05) is 0 Å². The predicted octanol–water partition coefficient (Wildman–Crippen LogP) is 2.86. The Morgan fingerprint density at radius 2 is 1.62 bits per heavy atom. The molecule has 4 saturated carbocycles. The molecule has 2 amide bonds. The second-order valence-electron chi connectivity index (χ2n) is 13.4. The minimum Gasteiger partial charge on any atom is -0.444 e. The van der Waals surface area contributed by atoms with Crippen LogP contribution in [0.25, 0.3) is 0 Å². The molecular weight excluding hydrogens is 566 g/mol. The van der Waals surface area contributed by atoms with E-state index in [2.05, 4.69) is 10.3 Å². The van der Waals surface area contributed by atoms with Gasteiger partial charge in [0.25, 0.3) is 10.1 Å². The maximum absolute atomic E-state index is 13.7. The van der Waals surface area contributed by atoms with E-state index in [0.717, 1.165) is 44.8 Å². The number of amides is 2. The molecule has 4 aliphatic carbocycles. The first-order valence-corrected chi connectivity index (χ1v) is 16.9. The first-order valence-electron chi connectivity index (χ1n) is 15.1. The number of ether oxygens (including phenoxy) is 4. The van der Waals surface area contributed by atoms with Gasteiger partial charge in [-0.15, -0.1) is 0 Å². The minimum absolute atomic E-state index is 0.0304. The lowest BCUT2D eigenvalue weighted by atomic mass is 9.50. The number of carbonyl (C=O) groups excluding carboxylic acids is 2. The molecule has 0 aromatic rings. The van der Waals surface area contributed by atoms with Crippen LogP contribution in [0.3, 0.4) is 0 Å². The molecule has 0 spiro atoms. The lowest BCUT2D eigenvalue weighted by Crippen LogP contribution is -2.68. The fourth-order valence-corrected chi connectivity index (χ4v) is 8.04. The molecule has 5 aliphatic rings. The van der Waals surface area contributed by atoms with Gasteiger partial charge in [-0.25, -0.2) is 4.79 Å². The fraction of sp³-hybridized carbons (Fsp3) is 0.897. The zero-order valence-corrected chi connectivity index (χ0v) is 26.3. The lowest BCUT2D eigenvalue weighted by Gasteiger charge is -2.64. The summed E-state index contributed by atoms with van der Waals surface area (Å²) in [7, 11) is -3.47. The van der Waals surface area contributed by atoms with Crippen molar-refractivity contribution in [2.24, 2.45) is 11.8 Å². The number of nitriles is 1. The van der Waals surface area contributed by atoms with E-state index in [1.807, 2.05) is 20.8 Å². The number of nitrogens with zero attached hydrogens (tertiary/aromatic N) is 3. The monoisotopic (exact) mass is 613 g/mol. The van der Waals surface area contributed by atoms with Crippen LogP contribution in [0.2, 0.25) is 0 Å². The average molecular weight is 614 g/mol. The Balaban J connectivity index is 1.36. The van der Waals surface area contributed by atoms with Gasteiger partial charge in [0.05, 0.1) is 63.1 Å². The first-order chi connectivity index (χ1) is 19.7. The van der Waals surface area contributed by atoms with Crippen molar-refractivity contribution >= 4 is 22.1 Å². The highest BCUT2D eigenvalue weighted by molar-refractivity contribution is 7.85. The Morgan fingerprint density at radius 3 is 2.21 bits per heavy atom. The SMILES string of the molecule is CC(C)(C)OC(=O)N(CC(=O)N1CCCC1C#N)C12CC3C[C@H](CC(OCCOCCOCCOS(C)(=O)=O)(C3)C1)C2. The van der Waals surface area contributed by atoms with Crippen LogP contribution < -0.4 is 0 Å². The molecule has 12 nitrogen and oxygen atoms in total. The summed E-state index contributed by atoms with van der Waals surface area (Å²) < 4.78 is 50.0. The molecule has 1 aliphatic heterocycles. The molecule has 0 radical (unpaired) electrons. The van der Waals surface area contributed by atoms with Gasteiger partial charge in [0.2, 0.25) is 5.91 Å². The summed E-state index contributed by atoms with van der Waals surface area (Å²) >= 11 is 0. The van der Waals surface area contributed by atoms with Gasteiger partial charge in [-0.2, -0.15) is 13.7 Å². The molecule has 0 N–H and O–H groups in total. The van der Waals surface area contributed by atoms with E-state index >= 15 is 0 Å². The summed E-state index contributed by atoms with van der Waals surface area (Å²) in [6.45, 7) is 7.49. The number of hydrogen-bond acceptors (Lipinski definition) is 10. The van der Waals surface area contributed by atoms with Crippen molar-refractivity contribution in [1.82, 2.24) is 9.80 Å². The summed E-state index contributed by atoms with van der Waals surface area (Å²) in [5, 5.41) is 9.55. The second kappa shape index (κ2) is 13.3. The van der Waals surface area contributed by atoms with Crippen LogP contribution in [0.1, 0.15) is 72.1 Å². The third kappa shape index (κ3) is 8.56. The van der Waals surface area contributed by atoms with Crippen molar-refractivity contribution in [2.75, 3.05) is 59.0 Å². The normalized spacial score (nSPS) is 30.4. The molecule has 1 saturated heterocycles. The van der Waals surface area contributed by atoms with Crippen molar-refractivity contribution in [3.05, 3.63) is 0 Å². The maximum Gasteiger partial charge on any atom is 0.411 e. The summed E-state index contributed by atoms with van der Waals surface area (Å²) in [6, 6.07) is 1.79. The fourth-order valence-electron chi connectivity index (χ4n) is 7.67. The highest BCUT2D eigenvalue weighted by atomic mass is 32.2. The van der Waals surface area contributed by atoms with E-state index in [4.69, 9.17) is 18.9 Å². The van der Waals surface area contributed by atoms with E-state index in [-0.39, 0.29) is 31.3 Å². The van der Waals surface area contributed by atoms with Crippen LogP contribution in [0.15, 0.2) is 0 Å². The highest BCUT2D eigenvalue weighted by Gasteiger charge is 2.62. The van der Waals surface area contributed by atoms with Gasteiger partial charge in [0.15, 0.2) is 0 Å². The molecule has 0 aromatic heterocycles. The number of hydrogen-bond donors (Lipinski definition) is 0. The van der Waals surface area contributed by atoms with Crippen LogP contribution in [-0.4, -0.2) is 112 Å². The number of rotatable bonds is 14. The van der Waals surface area contributed by atoms with E-state index < -0.39 is 33.4 Å². The molecule has 0 aromatic carbocycles. The Hall–Kier alpha value is -1.98. The molecule has 13 heteroatoms. The van der Waals surface area contributed by atoms with Gasteiger partial charge in [-0.3, -0.25) is 13.9 Å². The quantitative estimate of drug-likeness (QED) is 0.212. The second-order valence-corrected chi connectivity index (χ2v) is 15.1. The van der Waals surface area contributed by atoms with Crippen LogP contribution >= 0.6 is 0 Å². The molecule has 4 unspecified atom stereocenters. The smallest absolute Gasteiger partial charge is 0.411 e. The van der Waals surface area contributed by atoms with Crippen molar-refractivity contribution < 1.29 is 41.1 Å².